The van der Waals surface area contributed by atoms with Crippen LogP contribution in [0.15, 0.2) is 70.9 Å². The van der Waals surface area contributed by atoms with E-state index in [0.717, 1.165) is 5.39 Å². The first-order chi connectivity index (χ1) is 9.75. The van der Waals surface area contributed by atoms with Gasteiger partial charge in [-0.1, -0.05) is 36.4 Å². The van der Waals surface area contributed by atoms with Crippen LogP contribution >= 0.6 is 0 Å². The van der Waals surface area contributed by atoms with Crippen molar-refractivity contribution in [1.82, 2.24) is 0 Å². The molecule has 98 valence electrons. The van der Waals surface area contributed by atoms with Crippen LogP contribution in [0, 0.1) is 0 Å². The van der Waals surface area contributed by atoms with E-state index < -0.39 is 0 Å². The molecular weight excluding hydrogens is 252 g/mol. The summed E-state index contributed by atoms with van der Waals surface area (Å²) in [5.74, 6) is -0.0444. The third-order valence-corrected chi connectivity index (χ3v) is 3.00. The molecule has 0 amide bonds. The molecule has 3 aromatic carbocycles. The van der Waals surface area contributed by atoms with Gasteiger partial charge < -0.3 is 10.2 Å². The van der Waals surface area contributed by atoms with Gasteiger partial charge >= 0.3 is 0 Å². The highest BCUT2D eigenvalue weighted by Gasteiger charge is 2.09. The highest BCUT2D eigenvalue weighted by atomic mass is 16.3. The number of fused-ring (bicyclic) bond motifs is 1. The van der Waals surface area contributed by atoms with Gasteiger partial charge in [-0.25, -0.2) is 0 Å². The maximum absolute atomic E-state index is 10.2. The molecule has 2 N–H and O–H groups in total. The van der Waals surface area contributed by atoms with Crippen molar-refractivity contribution in [3.05, 3.63) is 60.7 Å². The van der Waals surface area contributed by atoms with Crippen molar-refractivity contribution in [1.29, 1.82) is 0 Å². The van der Waals surface area contributed by atoms with Gasteiger partial charge in [-0.3, -0.25) is 0 Å². The second-order valence-electron chi connectivity index (χ2n) is 4.34. The summed E-state index contributed by atoms with van der Waals surface area (Å²) in [6.45, 7) is 0. The fourth-order valence-corrected chi connectivity index (χ4v) is 2.02. The number of nitrogens with zero attached hydrogens (tertiary/aromatic N) is 2. The molecule has 0 radical (unpaired) electrons. The number of hydrogen-bond acceptors (Lipinski definition) is 4. The maximum atomic E-state index is 10.2. The van der Waals surface area contributed by atoms with Crippen molar-refractivity contribution >= 4 is 22.1 Å². The molecule has 0 aromatic heterocycles. The molecule has 0 bridgehead atoms. The largest absolute Gasteiger partial charge is 0.507 e. The fraction of sp³-hybridized carbons (Fsp3) is 0. The van der Waals surface area contributed by atoms with Gasteiger partial charge in [-0.05, 0) is 29.7 Å². The van der Waals surface area contributed by atoms with Gasteiger partial charge in [-0.2, -0.15) is 5.11 Å². The zero-order chi connectivity index (χ0) is 13.9. The lowest BCUT2D eigenvalue weighted by Crippen LogP contribution is -1.76. The number of benzene rings is 3. The molecule has 4 nitrogen and oxygen atoms in total. The minimum atomic E-state index is -0.0692. The van der Waals surface area contributed by atoms with E-state index >= 15 is 0 Å². The van der Waals surface area contributed by atoms with Gasteiger partial charge in [0.1, 0.15) is 11.4 Å². The number of aromatic hydroxyl groups is 2. The molecule has 0 saturated heterocycles. The first-order valence-electron chi connectivity index (χ1n) is 6.16. The average molecular weight is 264 g/mol. The monoisotopic (exact) mass is 264 g/mol. The molecule has 0 aliphatic carbocycles. The Morgan fingerprint density at radius 1 is 0.700 bits per heavy atom. The summed E-state index contributed by atoms with van der Waals surface area (Å²) in [7, 11) is 0. The highest BCUT2D eigenvalue weighted by Crippen LogP contribution is 2.39. The normalized spacial score (nSPS) is 11.2. The summed E-state index contributed by atoms with van der Waals surface area (Å²) in [5, 5.41) is 29.2. The molecule has 0 aliphatic rings. The molecule has 4 heteroatoms. The van der Waals surface area contributed by atoms with Crippen molar-refractivity contribution < 1.29 is 10.2 Å². The summed E-state index contributed by atoms with van der Waals surface area (Å²) in [4.78, 5) is 0. The summed E-state index contributed by atoms with van der Waals surface area (Å²) < 4.78 is 0. The zero-order valence-electron chi connectivity index (χ0n) is 10.6. The Hall–Kier alpha value is -2.88. The van der Waals surface area contributed by atoms with E-state index in [4.69, 9.17) is 0 Å². The minimum absolute atomic E-state index is 0.0248. The van der Waals surface area contributed by atoms with E-state index in [2.05, 4.69) is 10.2 Å². The van der Waals surface area contributed by atoms with E-state index in [1.54, 1.807) is 18.2 Å². The molecule has 0 saturated carbocycles. The van der Waals surface area contributed by atoms with E-state index in [9.17, 15) is 10.2 Å². The molecule has 3 rings (SSSR count). The lowest BCUT2D eigenvalue weighted by atomic mass is 10.1. The van der Waals surface area contributed by atoms with Crippen LogP contribution < -0.4 is 0 Å². The highest BCUT2D eigenvalue weighted by molar-refractivity contribution is 5.96. The second-order valence-corrected chi connectivity index (χ2v) is 4.34. The predicted octanol–water partition coefficient (Wildman–Crippen LogP) is 4.67. The summed E-state index contributed by atoms with van der Waals surface area (Å²) >= 11 is 0. The number of phenols is 2. The minimum Gasteiger partial charge on any atom is -0.507 e. The molecule has 0 unspecified atom stereocenters. The molecule has 0 fully saturated rings. The molecular formula is C16H12N2O2. The Labute approximate surface area is 115 Å². The van der Waals surface area contributed by atoms with Crippen LogP contribution in [0.1, 0.15) is 0 Å². The molecule has 0 spiro atoms. The van der Waals surface area contributed by atoms with Crippen molar-refractivity contribution in [3.8, 4) is 11.5 Å². The third-order valence-electron chi connectivity index (χ3n) is 3.00. The first kappa shape index (κ1) is 12.2. The van der Waals surface area contributed by atoms with Gasteiger partial charge in [0.15, 0.2) is 5.75 Å². The second kappa shape index (κ2) is 5.01. The van der Waals surface area contributed by atoms with Crippen LogP contribution in [0.2, 0.25) is 0 Å². The Morgan fingerprint density at radius 3 is 2.30 bits per heavy atom. The number of phenolic OH excluding ortho intramolecular Hbond substituents is 2. The van der Waals surface area contributed by atoms with E-state index in [0.29, 0.717) is 16.8 Å². The lowest BCUT2D eigenvalue weighted by Gasteiger charge is -2.05. The van der Waals surface area contributed by atoms with E-state index in [1.165, 1.54) is 6.07 Å². The fourth-order valence-electron chi connectivity index (χ4n) is 2.02. The Morgan fingerprint density at radius 2 is 1.50 bits per heavy atom. The number of rotatable bonds is 2. The van der Waals surface area contributed by atoms with Gasteiger partial charge in [0.2, 0.25) is 0 Å². The Bertz CT molecular complexity index is 783. The first-order valence-corrected chi connectivity index (χ1v) is 6.16. The smallest absolute Gasteiger partial charge is 0.154 e. The Kier molecular flexibility index (Phi) is 3.05. The molecule has 0 aliphatic heterocycles. The molecule has 0 heterocycles. The van der Waals surface area contributed by atoms with Crippen molar-refractivity contribution in [2.75, 3.05) is 0 Å². The van der Waals surface area contributed by atoms with Crippen LogP contribution in [0.25, 0.3) is 10.8 Å². The van der Waals surface area contributed by atoms with E-state index in [-0.39, 0.29) is 11.5 Å². The van der Waals surface area contributed by atoms with Crippen LogP contribution in [0.4, 0.5) is 11.4 Å². The predicted molar refractivity (Wildman–Crippen MR) is 77.9 cm³/mol. The third kappa shape index (κ3) is 2.19. The zero-order valence-corrected chi connectivity index (χ0v) is 10.6. The number of hydrogen-bond donors (Lipinski definition) is 2. The molecule has 0 atom stereocenters. The van der Waals surface area contributed by atoms with Crippen molar-refractivity contribution in [3.63, 3.8) is 0 Å². The molecule has 20 heavy (non-hydrogen) atoms. The lowest BCUT2D eigenvalue weighted by molar-refractivity contribution is 0.464. The maximum Gasteiger partial charge on any atom is 0.154 e. The van der Waals surface area contributed by atoms with Crippen molar-refractivity contribution in [2.24, 2.45) is 10.2 Å². The SMILES string of the molecule is Oc1cccc2ccc(N=Nc3ccccc3)c(O)c12. The van der Waals surface area contributed by atoms with E-state index in [1.807, 2.05) is 36.4 Å². The van der Waals surface area contributed by atoms with Crippen LogP contribution in [-0.2, 0) is 0 Å². The van der Waals surface area contributed by atoms with Crippen LogP contribution in [0.5, 0.6) is 11.5 Å². The topological polar surface area (TPSA) is 65.2 Å². The van der Waals surface area contributed by atoms with Crippen LogP contribution in [-0.4, -0.2) is 10.2 Å². The molecule has 3 aromatic rings. The average Bonchev–Trinajstić information content (AvgIpc) is 2.48. The van der Waals surface area contributed by atoms with Gasteiger partial charge in [0.05, 0.1) is 11.1 Å². The van der Waals surface area contributed by atoms with Crippen molar-refractivity contribution in [2.45, 2.75) is 0 Å². The number of azo groups is 1. The standard InChI is InChI=1S/C16H12N2O2/c19-14-8-4-5-11-9-10-13(16(20)15(11)14)18-17-12-6-2-1-3-7-12/h1-10,19-20H. The quantitative estimate of drug-likeness (QED) is 0.661. The summed E-state index contributed by atoms with van der Waals surface area (Å²) in [6.07, 6.45) is 0. The van der Waals surface area contributed by atoms with Gasteiger partial charge in [0.25, 0.3) is 0 Å². The Balaban J connectivity index is 2.07. The van der Waals surface area contributed by atoms with Crippen LogP contribution in [0.3, 0.4) is 0 Å². The summed E-state index contributed by atoms with van der Waals surface area (Å²) in [6, 6.07) is 17.8. The summed E-state index contributed by atoms with van der Waals surface area (Å²) in [5.41, 5.74) is 1.02. The van der Waals surface area contributed by atoms with Gasteiger partial charge in [0, 0.05) is 0 Å². The van der Waals surface area contributed by atoms with Gasteiger partial charge in [-0.15, -0.1) is 5.11 Å².